The molecule has 2 rings (SSSR count). The smallest absolute Gasteiger partial charge is 0.290 e. The molecule has 0 fully saturated rings. The number of carbonyl (C=O) groups is 1. The zero-order chi connectivity index (χ0) is 13.3. The van der Waals surface area contributed by atoms with E-state index in [0.717, 1.165) is 9.56 Å². The molecule has 0 radical (unpaired) electrons. The van der Waals surface area contributed by atoms with Crippen LogP contribution in [0.15, 0.2) is 28.4 Å². The van der Waals surface area contributed by atoms with Gasteiger partial charge in [-0.1, -0.05) is 6.07 Å². The van der Waals surface area contributed by atoms with E-state index in [2.05, 4.69) is 5.10 Å². The minimum Gasteiger partial charge on any atom is -0.394 e. The molecule has 94 valence electrons. The summed E-state index contributed by atoms with van der Waals surface area (Å²) in [4.78, 5) is 23.8. The number of anilines is 1. The summed E-state index contributed by atoms with van der Waals surface area (Å²) in [5.41, 5.74) is 10.9. The highest BCUT2D eigenvalue weighted by molar-refractivity contribution is 7.13. The number of primary amides is 1. The van der Waals surface area contributed by atoms with Crippen LogP contribution in [0.5, 0.6) is 0 Å². The van der Waals surface area contributed by atoms with Crippen molar-refractivity contribution in [3.05, 3.63) is 33.9 Å². The molecule has 0 aliphatic rings. The molecule has 18 heavy (non-hydrogen) atoms. The van der Waals surface area contributed by atoms with Crippen LogP contribution in [0.3, 0.4) is 0 Å². The summed E-state index contributed by atoms with van der Waals surface area (Å²) in [6.45, 7) is 1.51. The fourth-order valence-corrected chi connectivity index (χ4v) is 2.14. The molecule has 2 heterocycles. The standard InChI is InChI=1S/C11H12N4O2S/c1-6(10(13)16)15-11(17)7(12)5-8(14-15)9-3-2-4-18-9/h2-6H,12H2,1H3,(H2,13,16)/t6-/m0/s1. The number of rotatable bonds is 3. The van der Waals surface area contributed by atoms with Crippen LogP contribution in [0.2, 0.25) is 0 Å². The van der Waals surface area contributed by atoms with Gasteiger partial charge >= 0.3 is 0 Å². The first-order valence-corrected chi connectivity index (χ1v) is 6.11. The third-order valence-electron chi connectivity index (χ3n) is 2.51. The second-order valence-electron chi connectivity index (χ2n) is 3.79. The number of hydrogen-bond acceptors (Lipinski definition) is 5. The van der Waals surface area contributed by atoms with Gasteiger partial charge in [0.15, 0.2) is 0 Å². The molecule has 2 aromatic heterocycles. The number of nitrogens with zero attached hydrogens (tertiary/aromatic N) is 2. The maximum absolute atomic E-state index is 11.8. The van der Waals surface area contributed by atoms with Gasteiger partial charge in [0.1, 0.15) is 17.4 Å². The summed E-state index contributed by atoms with van der Waals surface area (Å²) in [6.07, 6.45) is 0. The highest BCUT2D eigenvalue weighted by atomic mass is 32.1. The normalized spacial score (nSPS) is 12.3. The first-order chi connectivity index (χ1) is 8.50. The Bertz CT molecular complexity index is 633. The molecule has 2 aromatic rings. The van der Waals surface area contributed by atoms with E-state index in [4.69, 9.17) is 11.5 Å². The summed E-state index contributed by atoms with van der Waals surface area (Å²) in [5.74, 6) is -0.632. The average Bonchev–Trinajstić information content (AvgIpc) is 2.85. The van der Waals surface area contributed by atoms with Gasteiger partial charge in [0.2, 0.25) is 5.91 Å². The maximum Gasteiger partial charge on any atom is 0.290 e. The fourth-order valence-electron chi connectivity index (χ4n) is 1.46. The van der Waals surface area contributed by atoms with Crippen LogP contribution in [0, 0.1) is 0 Å². The Balaban J connectivity index is 2.60. The fraction of sp³-hybridized carbons (Fsp3) is 0.182. The van der Waals surface area contributed by atoms with E-state index in [-0.39, 0.29) is 5.69 Å². The first kappa shape index (κ1) is 12.3. The summed E-state index contributed by atoms with van der Waals surface area (Å²) >= 11 is 1.47. The first-order valence-electron chi connectivity index (χ1n) is 5.23. The molecule has 1 atom stereocenters. The average molecular weight is 264 g/mol. The highest BCUT2D eigenvalue weighted by Gasteiger charge is 2.17. The van der Waals surface area contributed by atoms with E-state index < -0.39 is 17.5 Å². The largest absolute Gasteiger partial charge is 0.394 e. The number of nitrogens with two attached hydrogens (primary N) is 2. The van der Waals surface area contributed by atoms with Gasteiger partial charge in [-0.15, -0.1) is 11.3 Å². The molecule has 4 N–H and O–H groups in total. The van der Waals surface area contributed by atoms with Crippen LogP contribution in [0.1, 0.15) is 13.0 Å². The van der Waals surface area contributed by atoms with E-state index in [9.17, 15) is 9.59 Å². The molecule has 0 saturated heterocycles. The second-order valence-corrected chi connectivity index (χ2v) is 4.74. The van der Waals surface area contributed by atoms with Crippen LogP contribution >= 0.6 is 11.3 Å². The number of carbonyl (C=O) groups excluding carboxylic acids is 1. The third kappa shape index (κ3) is 2.12. The molecule has 0 aliphatic carbocycles. The van der Waals surface area contributed by atoms with Gasteiger partial charge in [0.25, 0.3) is 5.56 Å². The molecule has 0 aromatic carbocycles. The van der Waals surface area contributed by atoms with Crippen molar-refractivity contribution in [3.63, 3.8) is 0 Å². The lowest BCUT2D eigenvalue weighted by Gasteiger charge is -2.12. The molecular formula is C11H12N4O2S. The van der Waals surface area contributed by atoms with Crippen molar-refractivity contribution in [2.75, 3.05) is 5.73 Å². The Morgan fingerprint density at radius 3 is 2.83 bits per heavy atom. The van der Waals surface area contributed by atoms with Crippen LogP contribution in [0.25, 0.3) is 10.6 Å². The van der Waals surface area contributed by atoms with Gasteiger partial charge in [-0.05, 0) is 24.4 Å². The molecule has 0 saturated carbocycles. The molecule has 6 nitrogen and oxygen atoms in total. The Morgan fingerprint density at radius 2 is 2.28 bits per heavy atom. The Kier molecular flexibility index (Phi) is 3.15. The monoisotopic (exact) mass is 264 g/mol. The maximum atomic E-state index is 11.8. The Morgan fingerprint density at radius 1 is 1.56 bits per heavy atom. The SMILES string of the molecule is C[C@@H](C(N)=O)n1nc(-c2cccs2)cc(N)c1=O. The van der Waals surface area contributed by atoms with Crippen LogP contribution in [0.4, 0.5) is 5.69 Å². The Hall–Kier alpha value is -2.15. The highest BCUT2D eigenvalue weighted by Crippen LogP contribution is 2.23. The van der Waals surface area contributed by atoms with E-state index in [0.29, 0.717) is 5.69 Å². The summed E-state index contributed by atoms with van der Waals surface area (Å²) in [5, 5.41) is 6.02. The number of hydrogen-bond donors (Lipinski definition) is 2. The van der Waals surface area contributed by atoms with Gasteiger partial charge in [0, 0.05) is 0 Å². The lowest BCUT2D eigenvalue weighted by Crippen LogP contribution is -2.35. The lowest BCUT2D eigenvalue weighted by molar-refractivity contribution is -0.121. The van der Waals surface area contributed by atoms with E-state index in [1.165, 1.54) is 24.3 Å². The number of aromatic nitrogens is 2. The van der Waals surface area contributed by atoms with Crippen molar-refractivity contribution in [2.45, 2.75) is 13.0 Å². The Labute approximate surface area is 107 Å². The van der Waals surface area contributed by atoms with Crippen LogP contribution in [-0.2, 0) is 4.79 Å². The third-order valence-corrected chi connectivity index (χ3v) is 3.41. The summed E-state index contributed by atoms with van der Waals surface area (Å²) in [7, 11) is 0. The van der Waals surface area contributed by atoms with Crippen molar-refractivity contribution in [1.82, 2.24) is 9.78 Å². The van der Waals surface area contributed by atoms with Crippen molar-refractivity contribution in [1.29, 1.82) is 0 Å². The molecular weight excluding hydrogens is 252 g/mol. The molecule has 0 unspecified atom stereocenters. The lowest BCUT2D eigenvalue weighted by atomic mass is 10.3. The summed E-state index contributed by atoms with van der Waals surface area (Å²) < 4.78 is 1.02. The van der Waals surface area contributed by atoms with Gasteiger partial charge in [0.05, 0.1) is 4.88 Å². The van der Waals surface area contributed by atoms with E-state index >= 15 is 0 Å². The quantitative estimate of drug-likeness (QED) is 0.847. The predicted octanol–water partition coefficient (Wildman–Crippen LogP) is 0.600. The van der Waals surface area contributed by atoms with Crippen molar-refractivity contribution in [3.8, 4) is 10.6 Å². The topological polar surface area (TPSA) is 104 Å². The second kappa shape index (κ2) is 4.61. The summed E-state index contributed by atoms with van der Waals surface area (Å²) in [6, 6.07) is 4.39. The zero-order valence-electron chi connectivity index (χ0n) is 9.66. The van der Waals surface area contributed by atoms with E-state index in [1.54, 1.807) is 0 Å². The van der Waals surface area contributed by atoms with Gasteiger partial charge in [-0.3, -0.25) is 9.59 Å². The molecule has 0 spiro atoms. The zero-order valence-corrected chi connectivity index (χ0v) is 10.5. The molecule has 1 amide bonds. The number of thiophene rings is 1. The van der Waals surface area contributed by atoms with Crippen LogP contribution < -0.4 is 17.0 Å². The molecule has 7 heteroatoms. The number of nitrogen functional groups attached to an aromatic ring is 1. The predicted molar refractivity (Wildman–Crippen MR) is 70.1 cm³/mol. The number of amides is 1. The minimum atomic E-state index is -0.834. The minimum absolute atomic E-state index is 0.0431. The molecule has 0 aliphatic heterocycles. The van der Waals surface area contributed by atoms with Crippen molar-refractivity contribution in [2.24, 2.45) is 5.73 Å². The van der Waals surface area contributed by atoms with Gasteiger partial charge in [-0.25, -0.2) is 4.68 Å². The van der Waals surface area contributed by atoms with Crippen molar-refractivity contribution >= 4 is 22.9 Å². The van der Waals surface area contributed by atoms with Gasteiger partial charge in [-0.2, -0.15) is 5.10 Å². The van der Waals surface area contributed by atoms with Gasteiger partial charge < -0.3 is 11.5 Å². The van der Waals surface area contributed by atoms with Crippen molar-refractivity contribution < 1.29 is 4.79 Å². The molecule has 0 bridgehead atoms. The van der Waals surface area contributed by atoms with E-state index in [1.807, 2.05) is 17.5 Å². The van der Waals surface area contributed by atoms with Crippen LogP contribution in [-0.4, -0.2) is 15.7 Å².